The standard InChI is InChI=1S/C15H25N/c1-3-4-5-6-7-8-11-14-12-9-10-13-15(14)16-2/h9-10,12-13,16H,3-8,11H2,1-2H3. The van der Waals surface area contributed by atoms with Gasteiger partial charge in [0.05, 0.1) is 0 Å². The second-order valence-corrected chi connectivity index (χ2v) is 4.42. The maximum absolute atomic E-state index is 3.26. The fraction of sp³-hybridized carbons (Fsp3) is 0.600. The molecule has 1 heteroatoms. The van der Waals surface area contributed by atoms with Crippen LogP contribution < -0.4 is 5.32 Å². The molecule has 0 fully saturated rings. The Morgan fingerprint density at radius 2 is 1.62 bits per heavy atom. The molecule has 0 aromatic heterocycles. The summed E-state index contributed by atoms with van der Waals surface area (Å²) >= 11 is 0. The van der Waals surface area contributed by atoms with Crippen molar-refractivity contribution in [3.63, 3.8) is 0 Å². The number of para-hydroxylation sites is 1. The predicted octanol–water partition coefficient (Wildman–Crippen LogP) is 4.63. The van der Waals surface area contributed by atoms with Gasteiger partial charge in [0.15, 0.2) is 0 Å². The minimum absolute atomic E-state index is 1.21. The van der Waals surface area contributed by atoms with Crippen LogP contribution in [0.2, 0.25) is 0 Å². The monoisotopic (exact) mass is 219 g/mol. The van der Waals surface area contributed by atoms with Gasteiger partial charge in [-0.3, -0.25) is 0 Å². The number of anilines is 1. The molecule has 0 unspecified atom stereocenters. The first-order chi connectivity index (χ1) is 7.88. The summed E-state index contributed by atoms with van der Waals surface area (Å²) in [4.78, 5) is 0. The highest BCUT2D eigenvalue weighted by Crippen LogP contribution is 2.17. The first-order valence-electron chi connectivity index (χ1n) is 6.64. The quantitative estimate of drug-likeness (QED) is 0.628. The van der Waals surface area contributed by atoms with E-state index in [1.807, 2.05) is 7.05 Å². The van der Waals surface area contributed by atoms with Gasteiger partial charge in [-0.2, -0.15) is 0 Å². The van der Waals surface area contributed by atoms with Gasteiger partial charge in [-0.1, -0.05) is 57.2 Å². The Morgan fingerprint density at radius 3 is 2.38 bits per heavy atom. The highest BCUT2D eigenvalue weighted by molar-refractivity contribution is 5.50. The second-order valence-electron chi connectivity index (χ2n) is 4.42. The molecule has 0 radical (unpaired) electrons. The Balaban J connectivity index is 2.21. The van der Waals surface area contributed by atoms with E-state index < -0.39 is 0 Å². The van der Waals surface area contributed by atoms with Crippen LogP contribution in [0.15, 0.2) is 24.3 Å². The van der Waals surface area contributed by atoms with Crippen LogP contribution in [0.1, 0.15) is 51.0 Å². The Kier molecular flexibility index (Phi) is 6.71. The van der Waals surface area contributed by atoms with Gasteiger partial charge in [-0.25, -0.2) is 0 Å². The van der Waals surface area contributed by atoms with Crippen LogP contribution in [0, 0.1) is 0 Å². The molecular weight excluding hydrogens is 194 g/mol. The van der Waals surface area contributed by atoms with Crippen molar-refractivity contribution in [2.75, 3.05) is 12.4 Å². The van der Waals surface area contributed by atoms with Crippen molar-refractivity contribution in [2.24, 2.45) is 0 Å². The van der Waals surface area contributed by atoms with E-state index in [1.165, 1.54) is 56.2 Å². The third-order valence-electron chi connectivity index (χ3n) is 3.09. The molecule has 16 heavy (non-hydrogen) atoms. The molecule has 0 saturated heterocycles. The van der Waals surface area contributed by atoms with E-state index in [-0.39, 0.29) is 0 Å². The van der Waals surface area contributed by atoms with Crippen molar-refractivity contribution in [2.45, 2.75) is 51.9 Å². The number of hydrogen-bond acceptors (Lipinski definition) is 1. The summed E-state index contributed by atoms with van der Waals surface area (Å²) in [6, 6.07) is 8.62. The smallest absolute Gasteiger partial charge is 0.0370 e. The SMILES string of the molecule is CCCCCCCCc1ccccc1NC. The molecule has 1 aromatic rings. The molecule has 90 valence electrons. The van der Waals surface area contributed by atoms with Gasteiger partial charge in [0, 0.05) is 12.7 Å². The molecule has 0 amide bonds. The van der Waals surface area contributed by atoms with E-state index in [2.05, 4.69) is 36.5 Å². The average molecular weight is 219 g/mol. The molecule has 1 rings (SSSR count). The van der Waals surface area contributed by atoms with Crippen LogP contribution in [0.4, 0.5) is 5.69 Å². The summed E-state index contributed by atoms with van der Waals surface area (Å²) in [6.07, 6.45) is 9.44. The van der Waals surface area contributed by atoms with E-state index in [4.69, 9.17) is 0 Å². The first kappa shape index (κ1) is 13.1. The van der Waals surface area contributed by atoms with Crippen LogP contribution in [0.25, 0.3) is 0 Å². The minimum Gasteiger partial charge on any atom is -0.388 e. The van der Waals surface area contributed by atoms with Gasteiger partial charge in [-0.15, -0.1) is 0 Å². The molecule has 1 aromatic carbocycles. The fourth-order valence-electron chi connectivity index (χ4n) is 2.08. The molecule has 0 bridgehead atoms. The number of hydrogen-bond donors (Lipinski definition) is 1. The highest BCUT2D eigenvalue weighted by atomic mass is 14.8. The predicted molar refractivity (Wildman–Crippen MR) is 73.1 cm³/mol. The summed E-state index contributed by atoms with van der Waals surface area (Å²) in [6.45, 7) is 2.27. The van der Waals surface area contributed by atoms with Crippen molar-refractivity contribution in [1.82, 2.24) is 0 Å². The molecule has 0 atom stereocenters. The van der Waals surface area contributed by atoms with Gasteiger partial charge >= 0.3 is 0 Å². The lowest BCUT2D eigenvalue weighted by Gasteiger charge is -2.08. The van der Waals surface area contributed by atoms with Gasteiger partial charge in [0.25, 0.3) is 0 Å². The minimum atomic E-state index is 1.21. The number of aryl methyl sites for hydroxylation is 1. The number of unbranched alkanes of at least 4 members (excludes halogenated alkanes) is 5. The Morgan fingerprint density at radius 1 is 0.938 bits per heavy atom. The van der Waals surface area contributed by atoms with E-state index in [9.17, 15) is 0 Å². The molecule has 1 nitrogen and oxygen atoms in total. The average Bonchev–Trinajstić information content (AvgIpc) is 2.34. The van der Waals surface area contributed by atoms with Gasteiger partial charge in [0.1, 0.15) is 0 Å². The molecule has 0 spiro atoms. The maximum Gasteiger partial charge on any atom is 0.0370 e. The van der Waals surface area contributed by atoms with Gasteiger partial charge < -0.3 is 5.32 Å². The zero-order chi connectivity index (χ0) is 11.6. The lowest BCUT2D eigenvalue weighted by Crippen LogP contribution is -1.95. The molecule has 0 aliphatic rings. The van der Waals surface area contributed by atoms with Crippen LogP contribution in [0.3, 0.4) is 0 Å². The molecule has 0 aliphatic heterocycles. The largest absolute Gasteiger partial charge is 0.388 e. The van der Waals surface area contributed by atoms with Crippen LogP contribution >= 0.6 is 0 Å². The summed E-state index contributed by atoms with van der Waals surface area (Å²) in [5, 5.41) is 3.26. The molecule has 0 aliphatic carbocycles. The summed E-state index contributed by atoms with van der Waals surface area (Å²) in [5.74, 6) is 0. The third kappa shape index (κ3) is 4.69. The Bertz CT molecular complexity index is 281. The van der Waals surface area contributed by atoms with Crippen molar-refractivity contribution >= 4 is 5.69 Å². The van der Waals surface area contributed by atoms with Crippen LogP contribution in [0.5, 0.6) is 0 Å². The maximum atomic E-state index is 3.26. The zero-order valence-corrected chi connectivity index (χ0v) is 10.8. The Hall–Kier alpha value is -0.980. The van der Waals surface area contributed by atoms with Crippen LogP contribution in [-0.2, 0) is 6.42 Å². The van der Waals surface area contributed by atoms with E-state index in [0.29, 0.717) is 0 Å². The molecule has 1 N–H and O–H groups in total. The van der Waals surface area contributed by atoms with Crippen molar-refractivity contribution in [3.8, 4) is 0 Å². The lowest BCUT2D eigenvalue weighted by molar-refractivity contribution is 0.608. The molecule has 0 saturated carbocycles. The van der Waals surface area contributed by atoms with E-state index in [0.717, 1.165) is 0 Å². The Labute approximate surface area is 100 Å². The number of rotatable bonds is 8. The van der Waals surface area contributed by atoms with Crippen molar-refractivity contribution < 1.29 is 0 Å². The normalized spacial score (nSPS) is 10.4. The zero-order valence-electron chi connectivity index (χ0n) is 10.8. The van der Waals surface area contributed by atoms with E-state index in [1.54, 1.807) is 0 Å². The van der Waals surface area contributed by atoms with Crippen LogP contribution in [-0.4, -0.2) is 7.05 Å². The van der Waals surface area contributed by atoms with Crippen molar-refractivity contribution in [3.05, 3.63) is 29.8 Å². The number of nitrogens with one attached hydrogen (secondary N) is 1. The first-order valence-corrected chi connectivity index (χ1v) is 6.64. The van der Waals surface area contributed by atoms with Gasteiger partial charge in [0.2, 0.25) is 0 Å². The third-order valence-corrected chi connectivity index (χ3v) is 3.09. The lowest BCUT2D eigenvalue weighted by atomic mass is 10.0. The molecule has 0 heterocycles. The summed E-state index contributed by atoms with van der Waals surface area (Å²) in [7, 11) is 2.00. The fourth-order valence-corrected chi connectivity index (χ4v) is 2.08. The summed E-state index contributed by atoms with van der Waals surface area (Å²) < 4.78 is 0. The molecular formula is C15H25N. The van der Waals surface area contributed by atoms with Crippen molar-refractivity contribution in [1.29, 1.82) is 0 Å². The summed E-state index contributed by atoms with van der Waals surface area (Å²) in [5.41, 5.74) is 2.75. The number of benzene rings is 1. The highest BCUT2D eigenvalue weighted by Gasteiger charge is 1.99. The second kappa shape index (κ2) is 8.20. The van der Waals surface area contributed by atoms with E-state index >= 15 is 0 Å². The van der Waals surface area contributed by atoms with Gasteiger partial charge in [-0.05, 0) is 24.5 Å². The topological polar surface area (TPSA) is 12.0 Å².